The molecule has 0 aromatic heterocycles. The molecule has 1 saturated heterocycles. The van der Waals surface area contributed by atoms with E-state index in [1.54, 1.807) is 0 Å². The van der Waals surface area contributed by atoms with Crippen LogP contribution in [0.15, 0.2) is 0 Å². The Morgan fingerprint density at radius 1 is 1.43 bits per heavy atom. The summed E-state index contributed by atoms with van der Waals surface area (Å²) in [6, 6.07) is -2.61. The summed E-state index contributed by atoms with van der Waals surface area (Å²) < 4.78 is 4.61. The van der Waals surface area contributed by atoms with Gasteiger partial charge in [0.1, 0.15) is 12.1 Å². The number of carbonyl (C=O) groups is 4. The third-order valence-electron chi connectivity index (χ3n) is 3.26. The molecule has 1 rings (SSSR count). The smallest absolute Gasteiger partial charge is 0.328 e. The fourth-order valence-corrected chi connectivity index (χ4v) is 2.17. The number of aliphatic carboxylic acids is 1. The zero-order chi connectivity index (χ0) is 16.0. The van der Waals surface area contributed by atoms with Crippen LogP contribution in [-0.4, -0.2) is 59.6 Å². The van der Waals surface area contributed by atoms with Gasteiger partial charge >= 0.3 is 18.0 Å². The zero-order valence-corrected chi connectivity index (χ0v) is 11.7. The monoisotopic (exact) mass is 301 g/mol. The molecule has 9 nitrogen and oxygen atoms in total. The van der Waals surface area contributed by atoms with Crippen molar-refractivity contribution in [3.63, 3.8) is 0 Å². The minimum absolute atomic E-state index is 0.104. The second kappa shape index (κ2) is 7.46. The maximum absolute atomic E-state index is 12.1. The van der Waals surface area contributed by atoms with Crippen molar-refractivity contribution in [1.82, 2.24) is 10.2 Å². The maximum atomic E-state index is 12.1. The Kier molecular flexibility index (Phi) is 5.94. The highest BCUT2D eigenvalue weighted by Gasteiger charge is 2.36. The van der Waals surface area contributed by atoms with Crippen molar-refractivity contribution >= 4 is 23.9 Å². The van der Waals surface area contributed by atoms with Crippen LogP contribution in [0.25, 0.3) is 0 Å². The molecule has 1 unspecified atom stereocenters. The van der Waals surface area contributed by atoms with E-state index in [4.69, 9.17) is 10.8 Å². The number of carboxylic acid groups (broad SMARTS) is 1. The molecule has 0 aromatic carbocycles. The highest BCUT2D eigenvalue weighted by molar-refractivity contribution is 5.87. The van der Waals surface area contributed by atoms with E-state index in [1.165, 1.54) is 12.0 Å². The quantitative estimate of drug-likeness (QED) is 0.541. The number of urea groups is 1. The van der Waals surface area contributed by atoms with Gasteiger partial charge < -0.3 is 25.8 Å². The van der Waals surface area contributed by atoms with E-state index in [1.807, 2.05) is 0 Å². The van der Waals surface area contributed by atoms with Crippen LogP contribution in [0.4, 0.5) is 4.79 Å². The number of nitrogens with zero attached hydrogens (tertiary/aromatic N) is 1. The van der Waals surface area contributed by atoms with E-state index in [-0.39, 0.29) is 12.8 Å². The third kappa shape index (κ3) is 4.62. The lowest BCUT2D eigenvalue weighted by Gasteiger charge is -2.25. The minimum Gasteiger partial charge on any atom is -0.480 e. The SMILES string of the molecule is COC(=O)C1CCCN1C(=O)N[C@@H](CCC(N)=O)C(=O)O. The third-order valence-corrected chi connectivity index (χ3v) is 3.26. The van der Waals surface area contributed by atoms with E-state index >= 15 is 0 Å². The van der Waals surface area contributed by atoms with Crippen LogP contribution < -0.4 is 11.1 Å². The molecule has 0 bridgehead atoms. The normalized spacial score (nSPS) is 18.9. The van der Waals surface area contributed by atoms with Gasteiger partial charge in [-0.25, -0.2) is 14.4 Å². The number of nitrogens with one attached hydrogen (secondary N) is 1. The Labute approximate surface area is 121 Å². The van der Waals surface area contributed by atoms with Crippen molar-refractivity contribution in [3.8, 4) is 0 Å². The number of carboxylic acids is 1. The molecular formula is C12H19N3O6. The van der Waals surface area contributed by atoms with Crippen molar-refractivity contribution in [3.05, 3.63) is 0 Å². The van der Waals surface area contributed by atoms with Gasteiger partial charge in [-0.2, -0.15) is 0 Å². The number of esters is 1. The number of carbonyl (C=O) groups excluding carboxylic acids is 3. The van der Waals surface area contributed by atoms with Gasteiger partial charge in [-0.3, -0.25) is 4.79 Å². The van der Waals surface area contributed by atoms with E-state index in [2.05, 4.69) is 10.1 Å². The first-order valence-corrected chi connectivity index (χ1v) is 6.53. The summed E-state index contributed by atoms with van der Waals surface area (Å²) in [5.41, 5.74) is 4.96. The first-order chi connectivity index (χ1) is 9.86. The lowest BCUT2D eigenvalue weighted by Crippen LogP contribution is -2.51. The summed E-state index contributed by atoms with van der Waals surface area (Å²) in [6.07, 6.45) is 0.843. The number of hydrogen-bond donors (Lipinski definition) is 3. The molecule has 118 valence electrons. The lowest BCUT2D eigenvalue weighted by atomic mass is 10.1. The fourth-order valence-electron chi connectivity index (χ4n) is 2.17. The van der Waals surface area contributed by atoms with Crippen molar-refractivity contribution in [1.29, 1.82) is 0 Å². The van der Waals surface area contributed by atoms with E-state index in [0.29, 0.717) is 19.4 Å². The Hall–Kier alpha value is -2.32. The van der Waals surface area contributed by atoms with Crippen LogP contribution in [0, 0.1) is 0 Å². The first-order valence-electron chi connectivity index (χ1n) is 6.53. The number of rotatable bonds is 6. The van der Waals surface area contributed by atoms with Crippen LogP contribution in [0.3, 0.4) is 0 Å². The van der Waals surface area contributed by atoms with E-state index in [0.717, 1.165) is 0 Å². The second-order valence-electron chi connectivity index (χ2n) is 4.72. The molecule has 0 aromatic rings. The number of hydrogen-bond acceptors (Lipinski definition) is 5. The van der Waals surface area contributed by atoms with Crippen LogP contribution >= 0.6 is 0 Å². The molecule has 1 aliphatic rings. The molecule has 1 fully saturated rings. The second-order valence-corrected chi connectivity index (χ2v) is 4.72. The largest absolute Gasteiger partial charge is 0.480 e. The number of primary amides is 1. The molecule has 9 heteroatoms. The molecular weight excluding hydrogens is 282 g/mol. The predicted molar refractivity (Wildman–Crippen MR) is 70.1 cm³/mol. The molecule has 0 spiro atoms. The zero-order valence-electron chi connectivity index (χ0n) is 11.7. The van der Waals surface area contributed by atoms with Gasteiger partial charge in [0.05, 0.1) is 7.11 Å². The van der Waals surface area contributed by atoms with Gasteiger partial charge in [0, 0.05) is 13.0 Å². The van der Waals surface area contributed by atoms with Crippen LogP contribution in [-0.2, 0) is 19.1 Å². The lowest BCUT2D eigenvalue weighted by molar-refractivity contribution is -0.144. The van der Waals surface area contributed by atoms with Crippen LogP contribution in [0.1, 0.15) is 25.7 Å². The van der Waals surface area contributed by atoms with Gasteiger partial charge in [-0.05, 0) is 19.3 Å². The highest BCUT2D eigenvalue weighted by atomic mass is 16.5. The fraction of sp³-hybridized carbons (Fsp3) is 0.667. The molecule has 4 N–H and O–H groups in total. The molecule has 0 radical (unpaired) electrons. The summed E-state index contributed by atoms with van der Waals surface area (Å²) in [6.45, 7) is 0.341. The molecule has 21 heavy (non-hydrogen) atoms. The number of methoxy groups -OCH3 is 1. The standard InChI is InChI=1S/C12H19N3O6/c1-21-11(19)8-3-2-6-15(8)12(20)14-7(10(17)18)4-5-9(13)16/h7-8H,2-6H2,1H3,(H2,13,16)(H,14,20)(H,17,18)/t7-,8?/m0/s1. The highest BCUT2D eigenvalue weighted by Crippen LogP contribution is 2.18. The molecule has 0 aliphatic carbocycles. The minimum atomic E-state index is -1.27. The van der Waals surface area contributed by atoms with Gasteiger partial charge in [-0.15, -0.1) is 0 Å². The first kappa shape index (κ1) is 16.7. The Morgan fingerprint density at radius 3 is 2.62 bits per heavy atom. The van der Waals surface area contributed by atoms with Gasteiger partial charge in [0.25, 0.3) is 0 Å². The van der Waals surface area contributed by atoms with Crippen LogP contribution in [0.5, 0.6) is 0 Å². The Bertz CT molecular complexity index is 439. The molecule has 1 heterocycles. The molecule has 2 atom stereocenters. The summed E-state index contributed by atoms with van der Waals surface area (Å²) >= 11 is 0. The summed E-state index contributed by atoms with van der Waals surface area (Å²) in [7, 11) is 1.23. The number of amides is 3. The van der Waals surface area contributed by atoms with E-state index < -0.39 is 36.0 Å². The summed E-state index contributed by atoms with van der Waals surface area (Å²) in [4.78, 5) is 46.6. The number of likely N-dealkylation sites (tertiary alicyclic amines) is 1. The van der Waals surface area contributed by atoms with Crippen molar-refractivity contribution in [2.24, 2.45) is 5.73 Å². The topological polar surface area (TPSA) is 139 Å². The van der Waals surface area contributed by atoms with Gasteiger partial charge in [0.15, 0.2) is 0 Å². The maximum Gasteiger partial charge on any atom is 0.328 e. The van der Waals surface area contributed by atoms with Crippen molar-refractivity contribution in [2.45, 2.75) is 37.8 Å². The van der Waals surface area contributed by atoms with Crippen molar-refractivity contribution < 1.29 is 29.0 Å². The Morgan fingerprint density at radius 2 is 2.10 bits per heavy atom. The van der Waals surface area contributed by atoms with E-state index in [9.17, 15) is 19.2 Å². The van der Waals surface area contributed by atoms with Gasteiger partial charge in [-0.1, -0.05) is 0 Å². The van der Waals surface area contributed by atoms with Crippen LogP contribution in [0.2, 0.25) is 0 Å². The average molecular weight is 301 g/mol. The molecule has 0 saturated carbocycles. The number of nitrogens with two attached hydrogens (primary N) is 1. The number of ether oxygens (including phenoxy) is 1. The van der Waals surface area contributed by atoms with Crippen molar-refractivity contribution in [2.75, 3.05) is 13.7 Å². The summed E-state index contributed by atoms with van der Waals surface area (Å²) in [5, 5.41) is 11.3. The predicted octanol–water partition coefficient (Wildman–Crippen LogP) is -0.948. The molecule has 3 amide bonds. The Balaban J connectivity index is 2.66. The molecule has 1 aliphatic heterocycles. The average Bonchev–Trinajstić information content (AvgIpc) is 2.91. The summed E-state index contributed by atoms with van der Waals surface area (Å²) in [5.74, 6) is -2.45. The van der Waals surface area contributed by atoms with Gasteiger partial charge in [0.2, 0.25) is 5.91 Å².